The molecule has 4 nitrogen and oxygen atoms in total. The molecule has 0 radical (unpaired) electrons. The predicted octanol–water partition coefficient (Wildman–Crippen LogP) is 4.69. The molecule has 0 fully saturated rings. The second kappa shape index (κ2) is 7.21. The number of anilines is 1. The van der Waals surface area contributed by atoms with Gasteiger partial charge in [-0.15, -0.1) is 11.8 Å². The molecule has 23 heavy (non-hydrogen) atoms. The molecule has 0 aliphatic heterocycles. The Morgan fingerprint density at radius 3 is 2.83 bits per heavy atom. The molecule has 3 aromatic rings. The summed E-state index contributed by atoms with van der Waals surface area (Å²) in [6.07, 6.45) is 0. The number of amides is 1. The summed E-state index contributed by atoms with van der Waals surface area (Å²) >= 11 is 8.72. The molecule has 1 amide bonds. The van der Waals surface area contributed by atoms with Gasteiger partial charge >= 0.3 is 0 Å². The first-order valence-electron chi connectivity index (χ1n) is 6.77. The van der Waals surface area contributed by atoms with Gasteiger partial charge in [0.15, 0.2) is 5.13 Å². The van der Waals surface area contributed by atoms with E-state index >= 15 is 0 Å². The largest absolute Gasteiger partial charge is 0.494 e. The molecule has 0 aliphatic carbocycles. The highest BCUT2D eigenvalue weighted by Gasteiger charge is 2.11. The number of para-hydroxylation sites is 1. The number of fused-ring (bicyclic) bond motifs is 1. The van der Waals surface area contributed by atoms with Gasteiger partial charge in [-0.2, -0.15) is 0 Å². The third-order valence-corrected chi connectivity index (χ3v) is 5.23. The highest BCUT2D eigenvalue weighted by Crippen LogP contribution is 2.32. The number of halogens is 1. The van der Waals surface area contributed by atoms with Gasteiger partial charge in [-0.25, -0.2) is 4.98 Å². The van der Waals surface area contributed by atoms with Crippen molar-refractivity contribution in [1.29, 1.82) is 0 Å². The Labute approximate surface area is 146 Å². The number of thioether (sulfide) groups is 1. The normalized spacial score (nSPS) is 10.7. The van der Waals surface area contributed by atoms with Crippen molar-refractivity contribution in [2.75, 3.05) is 18.2 Å². The maximum absolute atomic E-state index is 12.1. The van der Waals surface area contributed by atoms with Crippen molar-refractivity contribution in [2.24, 2.45) is 0 Å². The van der Waals surface area contributed by atoms with Gasteiger partial charge in [-0.05, 0) is 36.4 Å². The first kappa shape index (κ1) is 16.1. The van der Waals surface area contributed by atoms with Crippen molar-refractivity contribution in [1.82, 2.24) is 4.98 Å². The number of nitrogens with one attached hydrogen (secondary N) is 1. The fourth-order valence-electron chi connectivity index (χ4n) is 1.98. The highest BCUT2D eigenvalue weighted by molar-refractivity contribution is 8.00. The zero-order valence-electron chi connectivity index (χ0n) is 12.2. The summed E-state index contributed by atoms with van der Waals surface area (Å²) in [5.74, 6) is 0.923. The second-order valence-corrected chi connectivity index (χ2v) is 7.13. The van der Waals surface area contributed by atoms with Crippen LogP contribution in [0.15, 0.2) is 47.4 Å². The lowest BCUT2D eigenvalue weighted by Crippen LogP contribution is -2.13. The Morgan fingerprint density at radius 1 is 1.30 bits per heavy atom. The lowest BCUT2D eigenvalue weighted by molar-refractivity contribution is -0.113. The Hall–Kier alpha value is -1.76. The number of ether oxygens (including phenoxy) is 1. The number of hydrogen-bond acceptors (Lipinski definition) is 5. The minimum Gasteiger partial charge on any atom is -0.494 e. The van der Waals surface area contributed by atoms with Crippen LogP contribution in [0.4, 0.5) is 5.13 Å². The SMILES string of the molecule is COc1cccc2sc(NC(=O)CSc3ccc(Cl)cc3)nc12. The molecule has 0 saturated carbocycles. The van der Waals surface area contributed by atoms with Crippen molar-refractivity contribution >= 4 is 56.0 Å². The molecular weight excluding hydrogens is 352 g/mol. The van der Waals surface area contributed by atoms with Crippen molar-refractivity contribution < 1.29 is 9.53 Å². The van der Waals surface area contributed by atoms with E-state index < -0.39 is 0 Å². The zero-order valence-corrected chi connectivity index (χ0v) is 14.6. The van der Waals surface area contributed by atoms with Gasteiger partial charge in [-0.1, -0.05) is 29.0 Å². The van der Waals surface area contributed by atoms with Crippen LogP contribution in [0.5, 0.6) is 5.75 Å². The summed E-state index contributed by atoms with van der Waals surface area (Å²) in [5, 5.41) is 4.09. The lowest BCUT2D eigenvalue weighted by atomic mass is 10.3. The van der Waals surface area contributed by atoms with E-state index in [1.54, 1.807) is 7.11 Å². The van der Waals surface area contributed by atoms with Gasteiger partial charge in [0.2, 0.25) is 5.91 Å². The molecule has 118 valence electrons. The molecule has 0 unspecified atom stereocenters. The third-order valence-electron chi connectivity index (χ3n) is 3.03. The smallest absolute Gasteiger partial charge is 0.236 e. The van der Waals surface area contributed by atoms with Crippen molar-refractivity contribution in [2.45, 2.75) is 4.90 Å². The maximum atomic E-state index is 12.1. The van der Waals surface area contributed by atoms with Gasteiger partial charge in [-0.3, -0.25) is 4.79 Å². The molecule has 1 heterocycles. The van der Waals surface area contributed by atoms with Gasteiger partial charge in [0.05, 0.1) is 17.6 Å². The van der Waals surface area contributed by atoms with Crippen LogP contribution in [0, 0.1) is 0 Å². The number of carbonyl (C=O) groups excluding carboxylic acids is 1. The number of benzene rings is 2. The minimum atomic E-state index is -0.0945. The quantitative estimate of drug-likeness (QED) is 0.667. The first-order valence-corrected chi connectivity index (χ1v) is 8.95. The summed E-state index contributed by atoms with van der Waals surface area (Å²) in [5.41, 5.74) is 0.764. The standard InChI is InChI=1S/C16H13ClN2O2S2/c1-21-12-3-2-4-13-15(12)19-16(23-13)18-14(20)9-22-11-7-5-10(17)6-8-11/h2-8H,9H2,1H3,(H,18,19,20). The Kier molecular flexibility index (Phi) is 5.05. The molecule has 1 aromatic heterocycles. The summed E-state index contributed by atoms with van der Waals surface area (Å²) in [4.78, 5) is 17.5. The first-order chi connectivity index (χ1) is 11.2. The third kappa shape index (κ3) is 3.96. The fourth-order valence-corrected chi connectivity index (χ4v) is 3.70. The summed E-state index contributed by atoms with van der Waals surface area (Å²) < 4.78 is 6.25. The number of rotatable bonds is 5. The number of hydrogen-bond donors (Lipinski definition) is 1. The molecular formula is C16H13ClN2O2S2. The summed E-state index contributed by atoms with van der Waals surface area (Å²) in [6, 6.07) is 13.1. The van der Waals surface area contributed by atoms with Crippen LogP contribution in [-0.4, -0.2) is 23.8 Å². The van der Waals surface area contributed by atoms with Crippen molar-refractivity contribution in [3.63, 3.8) is 0 Å². The van der Waals surface area contributed by atoms with E-state index in [2.05, 4.69) is 10.3 Å². The molecule has 3 rings (SSSR count). The van der Waals surface area contributed by atoms with E-state index in [1.807, 2.05) is 42.5 Å². The van der Waals surface area contributed by atoms with Crippen LogP contribution >= 0.6 is 34.7 Å². The van der Waals surface area contributed by atoms with Gasteiger partial charge < -0.3 is 10.1 Å². The maximum Gasteiger partial charge on any atom is 0.236 e. The molecule has 7 heteroatoms. The number of aromatic nitrogens is 1. The average molecular weight is 365 g/mol. The number of thiazole rings is 1. The van der Waals surface area contributed by atoms with E-state index in [-0.39, 0.29) is 5.91 Å². The monoisotopic (exact) mass is 364 g/mol. The molecule has 2 aromatic carbocycles. The van der Waals surface area contributed by atoms with Crippen LogP contribution in [0.2, 0.25) is 5.02 Å². The Balaban J connectivity index is 1.64. The molecule has 0 bridgehead atoms. The fraction of sp³-hybridized carbons (Fsp3) is 0.125. The van der Waals surface area contributed by atoms with E-state index in [9.17, 15) is 4.79 Å². The number of nitrogens with zero attached hydrogens (tertiary/aromatic N) is 1. The topological polar surface area (TPSA) is 51.2 Å². The molecule has 0 atom stereocenters. The van der Waals surface area contributed by atoms with Crippen LogP contribution in [0.1, 0.15) is 0 Å². The zero-order chi connectivity index (χ0) is 16.2. The van der Waals surface area contributed by atoms with Gasteiger partial charge in [0.1, 0.15) is 11.3 Å². The van der Waals surface area contributed by atoms with Gasteiger partial charge in [0, 0.05) is 9.92 Å². The Morgan fingerprint density at radius 2 is 2.09 bits per heavy atom. The van der Waals surface area contributed by atoms with E-state index in [0.717, 1.165) is 15.1 Å². The van der Waals surface area contributed by atoms with Crippen LogP contribution in [0.25, 0.3) is 10.2 Å². The van der Waals surface area contributed by atoms with Gasteiger partial charge in [0.25, 0.3) is 0 Å². The number of carbonyl (C=O) groups is 1. The molecule has 1 N–H and O–H groups in total. The Bertz CT molecular complexity index is 834. The molecule has 0 saturated heterocycles. The lowest BCUT2D eigenvalue weighted by Gasteiger charge is -2.02. The molecule has 0 spiro atoms. The van der Waals surface area contributed by atoms with Crippen LogP contribution in [-0.2, 0) is 4.79 Å². The van der Waals surface area contributed by atoms with Crippen molar-refractivity contribution in [3.05, 3.63) is 47.5 Å². The summed E-state index contributed by atoms with van der Waals surface area (Å²) in [6.45, 7) is 0. The van der Waals surface area contributed by atoms with E-state index in [0.29, 0.717) is 21.7 Å². The van der Waals surface area contributed by atoms with Crippen LogP contribution in [0.3, 0.4) is 0 Å². The highest BCUT2D eigenvalue weighted by atomic mass is 35.5. The summed E-state index contributed by atoms with van der Waals surface area (Å²) in [7, 11) is 1.61. The van der Waals surface area contributed by atoms with E-state index in [4.69, 9.17) is 16.3 Å². The minimum absolute atomic E-state index is 0.0945. The second-order valence-electron chi connectivity index (χ2n) is 4.62. The van der Waals surface area contributed by atoms with Crippen molar-refractivity contribution in [3.8, 4) is 5.75 Å². The predicted molar refractivity (Wildman–Crippen MR) is 97.0 cm³/mol. The number of methoxy groups -OCH3 is 1. The average Bonchev–Trinajstić information content (AvgIpc) is 2.96. The van der Waals surface area contributed by atoms with Crippen LogP contribution < -0.4 is 10.1 Å². The molecule has 0 aliphatic rings. The van der Waals surface area contributed by atoms with E-state index in [1.165, 1.54) is 23.1 Å².